The summed E-state index contributed by atoms with van der Waals surface area (Å²) >= 11 is 2.92. The van der Waals surface area contributed by atoms with Gasteiger partial charge in [-0.15, -0.1) is 0 Å². The van der Waals surface area contributed by atoms with Crippen molar-refractivity contribution in [2.24, 2.45) is 0 Å². The molecule has 0 saturated carbocycles. The van der Waals surface area contributed by atoms with Crippen LogP contribution in [0.15, 0.2) is 72.8 Å². The number of rotatable bonds is 10. The van der Waals surface area contributed by atoms with E-state index in [1.54, 1.807) is 0 Å². The smallest absolute Gasteiger partial charge is 0.240 e. The van der Waals surface area contributed by atoms with Crippen LogP contribution in [0.2, 0.25) is 0 Å². The number of piperazine rings is 2. The van der Waals surface area contributed by atoms with E-state index in [1.165, 1.54) is 33.8 Å². The highest BCUT2D eigenvalue weighted by molar-refractivity contribution is 7.24. The molecular formula is C34H38N8O2S2. The van der Waals surface area contributed by atoms with Gasteiger partial charge in [-0.1, -0.05) is 83.3 Å². The van der Waals surface area contributed by atoms with Gasteiger partial charge in [0.05, 0.1) is 33.5 Å². The van der Waals surface area contributed by atoms with Crippen molar-refractivity contribution in [3.05, 3.63) is 83.9 Å². The number of carbonyl (C=O) groups excluding carboxylic acids is 2. The summed E-state index contributed by atoms with van der Waals surface area (Å²) in [7, 11) is 0. The molecule has 2 aromatic heterocycles. The largest absolute Gasteiger partial charge is 0.301 e. The standard InChI is InChI=1S/C34H38N8O2S2/c43-31(23-41-15-11-39(12-16-41)21-25-7-3-1-4-8-25)37-33-35-27-19-28-30(20-29(27)45-33)46-34(36-28)38-32(44)24-42-17-13-40(14-18-42)22-26-9-5-2-6-10-26/h1-10,19-20H,11-18,21-24H2,(H,35,37,43)(H,36,38,44). The minimum Gasteiger partial charge on any atom is -0.301 e. The molecule has 10 nitrogen and oxygen atoms in total. The van der Waals surface area contributed by atoms with E-state index < -0.39 is 0 Å². The Bertz CT molecular complexity index is 1600. The lowest BCUT2D eigenvalue weighted by molar-refractivity contribution is -0.118. The zero-order chi connectivity index (χ0) is 31.3. The molecule has 0 atom stereocenters. The van der Waals surface area contributed by atoms with E-state index in [9.17, 15) is 9.59 Å². The number of hydrogen-bond donors (Lipinski definition) is 2. The van der Waals surface area contributed by atoms with Crippen molar-refractivity contribution in [1.82, 2.24) is 29.6 Å². The van der Waals surface area contributed by atoms with Gasteiger partial charge in [-0.3, -0.25) is 29.2 Å². The first-order valence-electron chi connectivity index (χ1n) is 15.8. The normalized spacial score (nSPS) is 17.0. The van der Waals surface area contributed by atoms with Gasteiger partial charge in [0.1, 0.15) is 0 Å². The summed E-state index contributed by atoms with van der Waals surface area (Å²) in [5, 5.41) is 7.19. The molecule has 0 bridgehead atoms. The molecule has 0 spiro atoms. The van der Waals surface area contributed by atoms with Crippen LogP contribution in [0.1, 0.15) is 11.1 Å². The quantitative estimate of drug-likeness (QED) is 0.229. The SMILES string of the molecule is O=C(CN1CCN(Cc2ccccc2)CC1)Nc1nc2cc3nc(NC(=O)CN4CCN(Cc5ccccc5)CC4)sc3cc2s1. The second kappa shape index (κ2) is 14.3. The Morgan fingerprint density at radius 1 is 0.565 bits per heavy atom. The molecule has 3 aromatic carbocycles. The zero-order valence-electron chi connectivity index (χ0n) is 25.7. The van der Waals surface area contributed by atoms with Gasteiger partial charge in [0.15, 0.2) is 10.3 Å². The molecule has 2 aliphatic rings. The van der Waals surface area contributed by atoms with Crippen LogP contribution < -0.4 is 10.6 Å². The van der Waals surface area contributed by atoms with Crippen LogP contribution in [0.4, 0.5) is 10.3 Å². The van der Waals surface area contributed by atoms with E-state index in [-0.39, 0.29) is 11.8 Å². The summed E-state index contributed by atoms with van der Waals surface area (Å²) in [6, 6.07) is 25.0. The molecule has 0 radical (unpaired) electrons. The third-order valence-electron chi connectivity index (χ3n) is 8.55. The Labute approximate surface area is 276 Å². The molecule has 2 N–H and O–H groups in total. The van der Waals surface area contributed by atoms with Crippen molar-refractivity contribution >= 4 is 65.2 Å². The molecular weight excluding hydrogens is 617 g/mol. The van der Waals surface area contributed by atoms with Crippen molar-refractivity contribution in [2.45, 2.75) is 13.1 Å². The van der Waals surface area contributed by atoms with E-state index in [2.05, 4.69) is 88.7 Å². The molecule has 2 aliphatic heterocycles. The average Bonchev–Trinajstić information content (AvgIpc) is 3.63. The molecule has 2 amide bonds. The van der Waals surface area contributed by atoms with E-state index in [0.717, 1.165) is 85.9 Å². The molecule has 12 heteroatoms. The van der Waals surface area contributed by atoms with Crippen molar-refractivity contribution in [2.75, 3.05) is 76.1 Å². The molecule has 7 rings (SSSR count). The number of benzene rings is 3. The fourth-order valence-electron chi connectivity index (χ4n) is 6.07. The first-order valence-corrected chi connectivity index (χ1v) is 17.4. The summed E-state index contributed by atoms with van der Waals surface area (Å²) in [6.45, 7) is 9.86. The molecule has 2 fully saturated rings. The highest BCUT2D eigenvalue weighted by Crippen LogP contribution is 2.34. The van der Waals surface area contributed by atoms with Gasteiger partial charge in [-0.05, 0) is 23.3 Å². The number of hydrogen-bond acceptors (Lipinski definition) is 10. The van der Waals surface area contributed by atoms with E-state index in [1.807, 2.05) is 24.3 Å². The summed E-state index contributed by atoms with van der Waals surface area (Å²) in [4.78, 5) is 44.3. The van der Waals surface area contributed by atoms with Crippen LogP contribution in [-0.2, 0) is 22.7 Å². The minimum absolute atomic E-state index is 0.0434. The van der Waals surface area contributed by atoms with Crippen LogP contribution in [0, 0.1) is 0 Å². The van der Waals surface area contributed by atoms with Crippen LogP contribution >= 0.6 is 22.7 Å². The fraction of sp³-hybridized carbons (Fsp3) is 0.353. The van der Waals surface area contributed by atoms with Crippen LogP contribution in [0.5, 0.6) is 0 Å². The summed E-state index contributed by atoms with van der Waals surface area (Å²) in [5.74, 6) is -0.0868. The Morgan fingerprint density at radius 2 is 0.957 bits per heavy atom. The minimum atomic E-state index is -0.0434. The zero-order valence-corrected chi connectivity index (χ0v) is 27.4. The Kier molecular flexibility index (Phi) is 9.61. The summed E-state index contributed by atoms with van der Waals surface area (Å²) in [5.41, 5.74) is 4.22. The fourth-order valence-corrected chi connectivity index (χ4v) is 7.96. The maximum Gasteiger partial charge on any atom is 0.240 e. The van der Waals surface area contributed by atoms with Crippen LogP contribution in [0.3, 0.4) is 0 Å². The number of carbonyl (C=O) groups is 2. The first-order chi connectivity index (χ1) is 22.5. The van der Waals surface area contributed by atoms with E-state index in [0.29, 0.717) is 23.4 Å². The predicted molar refractivity (Wildman–Crippen MR) is 186 cm³/mol. The Morgan fingerprint density at radius 3 is 1.37 bits per heavy atom. The monoisotopic (exact) mass is 654 g/mol. The summed E-state index contributed by atoms with van der Waals surface area (Å²) in [6.07, 6.45) is 0. The number of nitrogens with one attached hydrogen (secondary N) is 2. The second-order valence-electron chi connectivity index (χ2n) is 12.0. The maximum absolute atomic E-state index is 12.8. The number of fused-ring (bicyclic) bond motifs is 2. The van der Waals surface area contributed by atoms with Gasteiger partial charge in [0.25, 0.3) is 0 Å². The van der Waals surface area contributed by atoms with Gasteiger partial charge in [0, 0.05) is 65.4 Å². The van der Waals surface area contributed by atoms with E-state index in [4.69, 9.17) is 0 Å². The average molecular weight is 655 g/mol. The van der Waals surface area contributed by atoms with Crippen molar-refractivity contribution in [3.8, 4) is 0 Å². The third-order valence-corrected chi connectivity index (χ3v) is 10.4. The van der Waals surface area contributed by atoms with Gasteiger partial charge in [-0.2, -0.15) is 0 Å². The molecule has 238 valence electrons. The lowest BCUT2D eigenvalue weighted by Crippen LogP contribution is -2.48. The highest BCUT2D eigenvalue weighted by Gasteiger charge is 2.21. The number of amides is 2. The number of anilines is 2. The molecule has 0 unspecified atom stereocenters. The van der Waals surface area contributed by atoms with Gasteiger partial charge in [-0.25, -0.2) is 9.97 Å². The number of thiazole rings is 2. The molecule has 2 saturated heterocycles. The maximum atomic E-state index is 12.8. The van der Waals surface area contributed by atoms with Crippen molar-refractivity contribution in [3.63, 3.8) is 0 Å². The summed E-state index contributed by atoms with van der Waals surface area (Å²) < 4.78 is 1.96. The lowest BCUT2D eigenvalue weighted by atomic mass is 10.2. The van der Waals surface area contributed by atoms with Gasteiger partial charge < -0.3 is 10.6 Å². The second-order valence-corrected chi connectivity index (χ2v) is 14.1. The molecule has 4 heterocycles. The lowest BCUT2D eigenvalue weighted by Gasteiger charge is -2.34. The topological polar surface area (TPSA) is 96.9 Å². The number of nitrogens with zero attached hydrogens (tertiary/aromatic N) is 6. The molecule has 46 heavy (non-hydrogen) atoms. The van der Waals surface area contributed by atoms with Gasteiger partial charge in [0.2, 0.25) is 11.8 Å². The Balaban J connectivity index is 0.871. The first kappa shape index (κ1) is 30.9. The third kappa shape index (κ3) is 7.95. The van der Waals surface area contributed by atoms with Gasteiger partial charge >= 0.3 is 0 Å². The predicted octanol–water partition coefficient (Wildman–Crippen LogP) is 4.42. The highest BCUT2D eigenvalue weighted by atomic mass is 32.1. The number of aromatic nitrogens is 2. The van der Waals surface area contributed by atoms with Crippen molar-refractivity contribution in [1.29, 1.82) is 0 Å². The van der Waals surface area contributed by atoms with Crippen LogP contribution in [-0.4, -0.2) is 107 Å². The molecule has 0 aliphatic carbocycles. The van der Waals surface area contributed by atoms with Crippen LogP contribution in [0.25, 0.3) is 20.4 Å². The Hall–Kier alpha value is -3.78. The molecule has 5 aromatic rings. The van der Waals surface area contributed by atoms with E-state index >= 15 is 0 Å². The van der Waals surface area contributed by atoms with Crippen molar-refractivity contribution < 1.29 is 9.59 Å².